The number of hydrogen-bond donors (Lipinski definition) is 0. The standard InChI is InChI=1S/C8H15N3O/c1-4-7-11(10(2)3)8(12)5-6-9/h4-5,7H2,1-3H3. The van der Waals surface area contributed by atoms with E-state index in [0.717, 1.165) is 6.42 Å². The summed E-state index contributed by atoms with van der Waals surface area (Å²) in [5.74, 6) is -0.135. The minimum absolute atomic E-state index is 0.0435. The highest BCUT2D eigenvalue weighted by Crippen LogP contribution is 1.97. The molecule has 68 valence electrons. The molecule has 12 heavy (non-hydrogen) atoms. The van der Waals surface area contributed by atoms with Gasteiger partial charge in [0.05, 0.1) is 6.07 Å². The van der Waals surface area contributed by atoms with E-state index in [1.807, 2.05) is 13.0 Å². The van der Waals surface area contributed by atoms with Gasteiger partial charge in [-0.1, -0.05) is 6.92 Å². The molecule has 0 saturated heterocycles. The third-order valence-corrected chi connectivity index (χ3v) is 1.44. The van der Waals surface area contributed by atoms with Gasteiger partial charge in [-0.3, -0.25) is 9.80 Å². The van der Waals surface area contributed by atoms with Gasteiger partial charge in [0, 0.05) is 20.6 Å². The van der Waals surface area contributed by atoms with E-state index in [2.05, 4.69) is 0 Å². The van der Waals surface area contributed by atoms with Crippen LogP contribution >= 0.6 is 0 Å². The van der Waals surface area contributed by atoms with Crippen molar-refractivity contribution in [3.8, 4) is 6.07 Å². The molecule has 0 bridgehead atoms. The predicted molar refractivity (Wildman–Crippen MR) is 45.9 cm³/mol. The molecule has 0 aromatic carbocycles. The summed E-state index contributed by atoms with van der Waals surface area (Å²) in [4.78, 5) is 11.2. The Kier molecular flexibility index (Phi) is 5.06. The first-order valence-corrected chi connectivity index (χ1v) is 3.98. The van der Waals surface area contributed by atoms with Crippen LogP contribution in [-0.4, -0.2) is 36.6 Å². The molecule has 0 aliphatic carbocycles. The van der Waals surface area contributed by atoms with Crippen LogP contribution in [0.3, 0.4) is 0 Å². The summed E-state index contributed by atoms with van der Waals surface area (Å²) in [7, 11) is 3.59. The van der Waals surface area contributed by atoms with Crippen LogP contribution in [0, 0.1) is 11.3 Å². The van der Waals surface area contributed by atoms with Gasteiger partial charge in [-0.05, 0) is 6.42 Å². The van der Waals surface area contributed by atoms with E-state index in [9.17, 15) is 4.79 Å². The van der Waals surface area contributed by atoms with Crippen molar-refractivity contribution >= 4 is 5.91 Å². The fourth-order valence-electron chi connectivity index (χ4n) is 0.918. The zero-order chi connectivity index (χ0) is 9.56. The first-order valence-electron chi connectivity index (χ1n) is 3.98. The summed E-state index contributed by atoms with van der Waals surface area (Å²) >= 11 is 0. The van der Waals surface area contributed by atoms with Crippen molar-refractivity contribution in [3.63, 3.8) is 0 Å². The van der Waals surface area contributed by atoms with Gasteiger partial charge >= 0.3 is 0 Å². The Hall–Kier alpha value is -1.08. The molecule has 1 amide bonds. The Morgan fingerprint density at radius 2 is 2.08 bits per heavy atom. The second kappa shape index (κ2) is 5.56. The van der Waals surface area contributed by atoms with Gasteiger partial charge in [-0.15, -0.1) is 0 Å². The van der Waals surface area contributed by atoms with Crippen LogP contribution in [-0.2, 0) is 4.79 Å². The average molecular weight is 169 g/mol. The maximum atomic E-state index is 11.2. The number of nitriles is 1. The molecular weight excluding hydrogens is 154 g/mol. The molecule has 0 aromatic rings. The lowest BCUT2D eigenvalue weighted by atomic mass is 10.4. The zero-order valence-electron chi connectivity index (χ0n) is 7.87. The highest BCUT2D eigenvalue weighted by Gasteiger charge is 2.13. The summed E-state index contributed by atoms with van der Waals surface area (Å²) in [6.45, 7) is 2.67. The van der Waals surface area contributed by atoms with Crippen LogP contribution in [0.2, 0.25) is 0 Å². The number of hydrogen-bond acceptors (Lipinski definition) is 3. The van der Waals surface area contributed by atoms with Crippen molar-refractivity contribution in [2.45, 2.75) is 19.8 Å². The minimum atomic E-state index is -0.135. The summed E-state index contributed by atoms with van der Waals surface area (Å²) in [6, 6.07) is 1.84. The number of hydrazine groups is 1. The largest absolute Gasteiger partial charge is 0.275 e. The van der Waals surface area contributed by atoms with Gasteiger partial charge in [0.15, 0.2) is 0 Å². The molecule has 0 aromatic heterocycles. The Balaban J connectivity index is 4.11. The maximum absolute atomic E-state index is 11.2. The lowest BCUT2D eigenvalue weighted by molar-refractivity contribution is -0.143. The Bertz CT molecular complexity index is 183. The van der Waals surface area contributed by atoms with E-state index >= 15 is 0 Å². The Labute approximate surface area is 73.3 Å². The van der Waals surface area contributed by atoms with Gasteiger partial charge in [0.25, 0.3) is 5.91 Å². The van der Waals surface area contributed by atoms with Crippen molar-refractivity contribution in [2.24, 2.45) is 0 Å². The van der Waals surface area contributed by atoms with Crippen LogP contribution in [0.4, 0.5) is 0 Å². The molecule has 4 nitrogen and oxygen atoms in total. The normalized spacial score (nSPS) is 9.58. The van der Waals surface area contributed by atoms with Gasteiger partial charge < -0.3 is 0 Å². The van der Waals surface area contributed by atoms with Crippen LogP contribution in [0.15, 0.2) is 0 Å². The molecule has 0 radical (unpaired) electrons. The van der Waals surface area contributed by atoms with Crippen molar-refractivity contribution in [3.05, 3.63) is 0 Å². The summed E-state index contributed by atoms with van der Waals surface area (Å²) < 4.78 is 0. The lowest BCUT2D eigenvalue weighted by Crippen LogP contribution is -2.42. The van der Waals surface area contributed by atoms with Crippen LogP contribution < -0.4 is 0 Å². The fourth-order valence-corrected chi connectivity index (χ4v) is 0.918. The van der Waals surface area contributed by atoms with E-state index in [4.69, 9.17) is 5.26 Å². The first kappa shape index (κ1) is 10.9. The maximum Gasteiger partial charge on any atom is 0.251 e. The highest BCUT2D eigenvalue weighted by molar-refractivity contribution is 5.77. The molecule has 0 fully saturated rings. The van der Waals surface area contributed by atoms with Crippen molar-refractivity contribution < 1.29 is 4.79 Å². The fraction of sp³-hybridized carbons (Fsp3) is 0.750. The molecule has 0 aliphatic heterocycles. The van der Waals surface area contributed by atoms with Crippen LogP contribution in [0.25, 0.3) is 0 Å². The average Bonchev–Trinajstić information content (AvgIpc) is 1.99. The molecule has 0 N–H and O–H groups in total. The molecule has 0 rings (SSSR count). The van der Waals surface area contributed by atoms with Crippen molar-refractivity contribution in [1.29, 1.82) is 5.26 Å². The third-order valence-electron chi connectivity index (χ3n) is 1.44. The van der Waals surface area contributed by atoms with Crippen molar-refractivity contribution in [1.82, 2.24) is 10.0 Å². The van der Waals surface area contributed by atoms with Gasteiger partial charge in [0.1, 0.15) is 6.42 Å². The smallest absolute Gasteiger partial charge is 0.251 e. The number of nitrogens with zero attached hydrogens (tertiary/aromatic N) is 3. The van der Waals surface area contributed by atoms with E-state index in [0.29, 0.717) is 6.54 Å². The molecule has 0 saturated carbocycles. The summed E-state index contributed by atoms with van der Waals surface area (Å²) in [5, 5.41) is 11.6. The molecule has 0 spiro atoms. The van der Waals surface area contributed by atoms with Gasteiger partial charge in [-0.2, -0.15) is 5.26 Å². The zero-order valence-corrected chi connectivity index (χ0v) is 7.87. The van der Waals surface area contributed by atoms with E-state index in [1.54, 1.807) is 24.1 Å². The quantitative estimate of drug-likeness (QED) is 0.579. The Morgan fingerprint density at radius 1 is 1.50 bits per heavy atom. The molecule has 0 heterocycles. The second-order valence-electron chi connectivity index (χ2n) is 2.70. The predicted octanol–water partition coefficient (Wildman–Crippen LogP) is 0.615. The Morgan fingerprint density at radius 3 is 2.42 bits per heavy atom. The third kappa shape index (κ3) is 3.35. The van der Waals surface area contributed by atoms with Crippen LogP contribution in [0.5, 0.6) is 0 Å². The number of rotatable bonds is 4. The highest BCUT2D eigenvalue weighted by atomic mass is 16.2. The number of carbonyl (C=O) groups excluding carboxylic acids is 1. The summed E-state index contributed by atoms with van der Waals surface area (Å²) in [5.41, 5.74) is 0. The van der Waals surface area contributed by atoms with Gasteiger partial charge in [0.2, 0.25) is 0 Å². The van der Waals surface area contributed by atoms with E-state index < -0.39 is 0 Å². The lowest BCUT2D eigenvalue weighted by Gasteiger charge is -2.27. The SMILES string of the molecule is CCCN(C(=O)CC#N)N(C)C. The molecule has 0 unspecified atom stereocenters. The number of amides is 1. The van der Waals surface area contributed by atoms with E-state index in [-0.39, 0.29) is 12.3 Å². The first-order chi connectivity index (χ1) is 5.63. The molecule has 4 heteroatoms. The summed E-state index contributed by atoms with van der Waals surface area (Å²) in [6.07, 6.45) is 0.855. The van der Waals surface area contributed by atoms with Crippen molar-refractivity contribution in [2.75, 3.05) is 20.6 Å². The molecule has 0 atom stereocenters. The van der Waals surface area contributed by atoms with E-state index in [1.165, 1.54) is 0 Å². The molecular formula is C8H15N3O. The van der Waals surface area contributed by atoms with Crippen LogP contribution in [0.1, 0.15) is 19.8 Å². The monoisotopic (exact) mass is 169 g/mol. The number of carbonyl (C=O) groups is 1. The second-order valence-corrected chi connectivity index (χ2v) is 2.70. The molecule has 0 aliphatic rings. The topological polar surface area (TPSA) is 47.3 Å². The van der Waals surface area contributed by atoms with Gasteiger partial charge in [-0.25, -0.2) is 5.01 Å². The minimum Gasteiger partial charge on any atom is -0.275 e.